The maximum absolute atomic E-state index is 12.6. The van der Waals surface area contributed by atoms with E-state index in [1.807, 2.05) is 32.7 Å². The molecule has 0 bridgehead atoms. The summed E-state index contributed by atoms with van der Waals surface area (Å²) in [6.07, 6.45) is 9.64. The third kappa shape index (κ3) is 5.15. The van der Waals surface area contributed by atoms with E-state index in [1.54, 1.807) is 18.6 Å². The van der Waals surface area contributed by atoms with E-state index >= 15 is 0 Å². The highest BCUT2D eigenvalue weighted by molar-refractivity contribution is 5.79. The molecule has 0 atom stereocenters. The highest BCUT2D eigenvalue weighted by Crippen LogP contribution is 2.09. The van der Waals surface area contributed by atoms with Gasteiger partial charge in [0.05, 0.1) is 6.42 Å². The maximum Gasteiger partial charge on any atom is 0.227 e. The van der Waals surface area contributed by atoms with Crippen LogP contribution in [0, 0.1) is 0 Å². The summed E-state index contributed by atoms with van der Waals surface area (Å²) in [7, 11) is 0. The molecular formula is C20H27N5O2. The normalized spacial score (nSPS) is 14.9. The Kier molecular flexibility index (Phi) is 6.57. The third-order valence-electron chi connectivity index (χ3n) is 4.96. The van der Waals surface area contributed by atoms with Gasteiger partial charge in [-0.05, 0) is 18.1 Å². The first kappa shape index (κ1) is 19.1. The average Bonchev–Trinajstić information content (AvgIpc) is 3.00. The smallest absolute Gasteiger partial charge is 0.227 e. The zero-order chi connectivity index (χ0) is 19.1. The van der Waals surface area contributed by atoms with Crippen molar-refractivity contribution in [2.75, 3.05) is 26.2 Å². The molecule has 2 aromatic rings. The second kappa shape index (κ2) is 9.30. The van der Waals surface area contributed by atoms with E-state index in [2.05, 4.69) is 16.9 Å². The predicted molar refractivity (Wildman–Crippen MR) is 102 cm³/mol. The van der Waals surface area contributed by atoms with Gasteiger partial charge < -0.3 is 14.4 Å². The lowest BCUT2D eigenvalue weighted by atomic mass is 10.2. The molecule has 0 aromatic carbocycles. The van der Waals surface area contributed by atoms with Crippen molar-refractivity contribution in [3.05, 3.63) is 48.3 Å². The van der Waals surface area contributed by atoms with Crippen molar-refractivity contribution in [1.82, 2.24) is 24.3 Å². The van der Waals surface area contributed by atoms with Crippen molar-refractivity contribution in [3.63, 3.8) is 0 Å². The Balaban J connectivity index is 1.48. The van der Waals surface area contributed by atoms with Crippen molar-refractivity contribution in [2.45, 2.75) is 39.2 Å². The molecule has 1 aliphatic rings. The van der Waals surface area contributed by atoms with Gasteiger partial charge in [0.2, 0.25) is 11.8 Å². The van der Waals surface area contributed by atoms with Gasteiger partial charge in [-0.15, -0.1) is 0 Å². The Bertz CT molecular complexity index is 759. The Morgan fingerprint density at radius 1 is 1.07 bits per heavy atom. The number of imidazole rings is 1. The topological polar surface area (TPSA) is 71.3 Å². The van der Waals surface area contributed by atoms with Crippen LogP contribution in [0.3, 0.4) is 0 Å². The van der Waals surface area contributed by atoms with Crippen LogP contribution in [0.5, 0.6) is 0 Å². The fraction of sp³-hybridized carbons (Fsp3) is 0.500. The summed E-state index contributed by atoms with van der Waals surface area (Å²) in [6.45, 7) is 5.32. The second-order valence-electron chi connectivity index (χ2n) is 6.79. The predicted octanol–water partition coefficient (Wildman–Crippen LogP) is 1.53. The van der Waals surface area contributed by atoms with Crippen LogP contribution in [-0.4, -0.2) is 62.3 Å². The lowest BCUT2D eigenvalue weighted by Crippen LogP contribution is -2.38. The molecule has 7 nitrogen and oxygen atoms in total. The van der Waals surface area contributed by atoms with Crippen LogP contribution >= 0.6 is 0 Å². The van der Waals surface area contributed by atoms with Gasteiger partial charge in [-0.2, -0.15) is 0 Å². The van der Waals surface area contributed by atoms with Crippen molar-refractivity contribution in [1.29, 1.82) is 0 Å². The summed E-state index contributed by atoms with van der Waals surface area (Å²) < 4.78 is 2.04. The monoisotopic (exact) mass is 369 g/mol. The van der Waals surface area contributed by atoms with E-state index in [0.29, 0.717) is 45.6 Å². The quantitative estimate of drug-likeness (QED) is 0.774. The molecule has 0 unspecified atom stereocenters. The van der Waals surface area contributed by atoms with Crippen LogP contribution in [0.15, 0.2) is 36.9 Å². The Morgan fingerprint density at radius 3 is 2.56 bits per heavy atom. The van der Waals surface area contributed by atoms with Gasteiger partial charge in [0, 0.05) is 70.4 Å². The SMILES string of the molecule is CCc1nccn1CCC(=O)N1CCCN(C(=O)Cc2cccnc2)CC1. The molecule has 0 N–H and O–H groups in total. The fourth-order valence-corrected chi connectivity index (χ4v) is 3.44. The van der Waals surface area contributed by atoms with E-state index in [9.17, 15) is 9.59 Å². The molecule has 1 saturated heterocycles. The first-order chi connectivity index (χ1) is 13.2. The van der Waals surface area contributed by atoms with E-state index in [1.165, 1.54) is 0 Å². The number of rotatable bonds is 6. The standard InChI is InChI=1S/C20H27N5O2/c1-2-18-22-8-12-23(18)11-6-19(26)24-9-4-10-25(14-13-24)20(27)15-17-5-3-7-21-16-17/h3,5,7-8,12,16H,2,4,6,9-11,13-15H2,1H3. The molecule has 0 aliphatic carbocycles. The highest BCUT2D eigenvalue weighted by Gasteiger charge is 2.22. The molecule has 2 aromatic heterocycles. The molecule has 0 radical (unpaired) electrons. The summed E-state index contributed by atoms with van der Waals surface area (Å²) in [5, 5.41) is 0. The minimum absolute atomic E-state index is 0.100. The maximum atomic E-state index is 12.6. The van der Waals surface area contributed by atoms with Crippen molar-refractivity contribution < 1.29 is 9.59 Å². The first-order valence-electron chi connectivity index (χ1n) is 9.62. The number of pyridine rings is 1. The Morgan fingerprint density at radius 2 is 1.85 bits per heavy atom. The Hall–Kier alpha value is -2.70. The van der Waals surface area contributed by atoms with Gasteiger partial charge in [-0.1, -0.05) is 13.0 Å². The summed E-state index contributed by atoms with van der Waals surface area (Å²) in [4.78, 5) is 37.2. The van der Waals surface area contributed by atoms with Crippen LogP contribution in [0.2, 0.25) is 0 Å². The first-order valence-corrected chi connectivity index (χ1v) is 9.62. The van der Waals surface area contributed by atoms with Crippen molar-refractivity contribution in [3.8, 4) is 0 Å². The van der Waals surface area contributed by atoms with Gasteiger partial charge in [0.25, 0.3) is 0 Å². The minimum Gasteiger partial charge on any atom is -0.341 e. The van der Waals surface area contributed by atoms with Gasteiger partial charge in [-0.25, -0.2) is 4.98 Å². The highest BCUT2D eigenvalue weighted by atomic mass is 16.2. The molecule has 1 aliphatic heterocycles. The van der Waals surface area contributed by atoms with Gasteiger partial charge >= 0.3 is 0 Å². The minimum atomic E-state index is 0.100. The van der Waals surface area contributed by atoms with Crippen LogP contribution < -0.4 is 0 Å². The van der Waals surface area contributed by atoms with Crippen molar-refractivity contribution in [2.24, 2.45) is 0 Å². The molecule has 0 saturated carbocycles. The number of carbonyl (C=O) groups excluding carboxylic acids is 2. The number of hydrogen-bond donors (Lipinski definition) is 0. The van der Waals surface area contributed by atoms with E-state index in [4.69, 9.17) is 0 Å². The zero-order valence-corrected chi connectivity index (χ0v) is 15.9. The number of carbonyl (C=O) groups is 2. The van der Waals surface area contributed by atoms with Crippen LogP contribution in [0.1, 0.15) is 31.2 Å². The molecule has 2 amide bonds. The molecule has 1 fully saturated rings. The average molecular weight is 369 g/mol. The number of aromatic nitrogens is 3. The molecular weight excluding hydrogens is 342 g/mol. The lowest BCUT2D eigenvalue weighted by Gasteiger charge is -2.22. The second-order valence-corrected chi connectivity index (χ2v) is 6.79. The van der Waals surface area contributed by atoms with E-state index in [0.717, 1.165) is 24.2 Å². The van der Waals surface area contributed by atoms with Crippen LogP contribution in [0.25, 0.3) is 0 Å². The van der Waals surface area contributed by atoms with E-state index in [-0.39, 0.29) is 11.8 Å². The van der Waals surface area contributed by atoms with Gasteiger partial charge in [-0.3, -0.25) is 14.6 Å². The van der Waals surface area contributed by atoms with Crippen LogP contribution in [0.4, 0.5) is 0 Å². The molecule has 3 rings (SSSR count). The molecule has 3 heterocycles. The number of hydrogen-bond acceptors (Lipinski definition) is 4. The van der Waals surface area contributed by atoms with Crippen LogP contribution in [-0.2, 0) is 29.0 Å². The molecule has 144 valence electrons. The third-order valence-corrected chi connectivity index (χ3v) is 4.96. The zero-order valence-electron chi connectivity index (χ0n) is 15.9. The summed E-state index contributed by atoms with van der Waals surface area (Å²) in [5.41, 5.74) is 0.923. The summed E-state index contributed by atoms with van der Waals surface area (Å²) in [6, 6.07) is 3.76. The van der Waals surface area contributed by atoms with Gasteiger partial charge in [0.1, 0.15) is 5.82 Å². The number of amides is 2. The molecule has 0 spiro atoms. The van der Waals surface area contributed by atoms with Crippen molar-refractivity contribution >= 4 is 11.8 Å². The van der Waals surface area contributed by atoms with Gasteiger partial charge in [0.15, 0.2) is 0 Å². The molecule has 7 heteroatoms. The Labute approximate surface area is 160 Å². The summed E-state index contributed by atoms with van der Waals surface area (Å²) >= 11 is 0. The lowest BCUT2D eigenvalue weighted by molar-refractivity contribution is -0.133. The fourth-order valence-electron chi connectivity index (χ4n) is 3.44. The summed E-state index contributed by atoms with van der Waals surface area (Å²) in [5.74, 6) is 1.25. The van der Waals surface area contributed by atoms with E-state index < -0.39 is 0 Å². The largest absolute Gasteiger partial charge is 0.341 e. The number of nitrogens with zero attached hydrogens (tertiary/aromatic N) is 5. The molecule has 27 heavy (non-hydrogen) atoms. The number of aryl methyl sites for hydroxylation is 2.